The Balaban J connectivity index is 2.21. The van der Waals surface area contributed by atoms with Crippen LogP contribution < -0.4 is 4.74 Å². The van der Waals surface area contributed by atoms with Crippen molar-refractivity contribution in [1.29, 1.82) is 0 Å². The molecule has 0 saturated carbocycles. The molecule has 1 aliphatic rings. The van der Waals surface area contributed by atoms with Crippen LogP contribution in [-0.2, 0) is 4.74 Å². The summed E-state index contributed by atoms with van der Waals surface area (Å²) >= 11 is 12.2. The Kier molecular flexibility index (Phi) is 4.19. The van der Waals surface area contributed by atoms with Crippen molar-refractivity contribution in [3.8, 4) is 17.0 Å². The van der Waals surface area contributed by atoms with Gasteiger partial charge in [-0.1, -0.05) is 23.2 Å². The summed E-state index contributed by atoms with van der Waals surface area (Å²) < 4.78 is 10.5. The fourth-order valence-electron chi connectivity index (χ4n) is 2.47. The van der Waals surface area contributed by atoms with E-state index in [1.165, 1.54) is 12.1 Å². The standard InChI is InChI=1S/C16H13Cl2NO4/c1-3-22-15(20)9-6-11-13(19-7(9)2)10-4-8(17)5-12(18)14(10)23-16(11)21/h4-6,16,21H,3H2,1-2H3/t16-/m0/s1. The first-order chi connectivity index (χ1) is 10.9. The van der Waals surface area contributed by atoms with Crippen LogP contribution in [0.25, 0.3) is 11.3 Å². The first-order valence-electron chi connectivity index (χ1n) is 6.95. The highest BCUT2D eigenvalue weighted by Crippen LogP contribution is 2.46. The summed E-state index contributed by atoms with van der Waals surface area (Å²) in [5.74, 6) is -0.186. The van der Waals surface area contributed by atoms with Crippen molar-refractivity contribution in [2.45, 2.75) is 20.1 Å². The van der Waals surface area contributed by atoms with E-state index in [1.54, 1.807) is 19.9 Å². The van der Waals surface area contributed by atoms with Gasteiger partial charge in [0, 0.05) is 16.1 Å². The molecule has 5 nitrogen and oxygen atoms in total. The second-order valence-electron chi connectivity index (χ2n) is 5.01. The smallest absolute Gasteiger partial charge is 0.339 e. The number of halogens is 2. The van der Waals surface area contributed by atoms with Gasteiger partial charge < -0.3 is 14.6 Å². The number of pyridine rings is 1. The number of hydrogen-bond acceptors (Lipinski definition) is 5. The Morgan fingerprint density at radius 3 is 2.83 bits per heavy atom. The van der Waals surface area contributed by atoms with Gasteiger partial charge in [0.05, 0.1) is 28.6 Å². The summed E-state index contributed by atoms with van der Waals surface area (Å²) in [5, 5.41) is 10.9. The number of aliphatic hydroxyl groups is 1. The number of fused-ring (bicyclic) bond motifs is 3. The molecule has 23 heavy (non-hydrogen) atoms. The average Bonchev–Trinajstić information content (AvgIpc) is 2.48. The lowest BCUT2D eigenvalue weighted by Crippen LogP contribution is -2.18. The Bertz CT molecular complexity index is 807. The molecule has 0 bridgehead atoms. The molecule has 120 valence electrons. The van der Waals surface area contributed by atoms with Crippen LogP contribution in [0.15, 0.2) is 18.2 Å². The van der Waals surface area contributed by atoms with Gasteiger partial charge in [0.25, 0.3) is 0 Å². The number of carbonyl (C=O) groups is 1. The normalized spacial score (nSPS) is 15.4. The molecule has 1 aromatic carbocycles. The molecule has 1 aromatic heterocycles. The lowest BCUT2D eigenvalue weighted by atomic mass is 9.99. The zero-order chi connectivity index (χ0) is 16.7. The Morgan fingerprint density at radius 2 is 2.13 bits per heavy atom. The minimum Gasteiger partial charge on any atom is -0.462 e. The summed E-state index contributed by atoms with van der Waals surface area (Å²) in [4.78, 5) is 16.4. The van der Waals surface area contributed by atoms with Gasteiger partial charge in [-0.3, -0.25) is 4.98 Å². The molecular formula is C16H13Cl2NO4. The van der Waals surface area contributed by atoms with Crippen molar-refractivity contribution in [1.82, 2.24) is 4.98 Å². The molecule has 2 heterocycles. The lowest BCUT2D eigenvalue weighted by Gasteiger charge is -2.26. The van der Waals surface area contributed by atoms with Crippen molar-refractivity contribution in [3.63, 3.8) is 0 Å². The van der Waals surface area contributed by atoms with Crippen LogP contribution in [-0.4, -0.2) is 22.7 Å². The van der Waals surface area contributed by atoms with Crippen molar-refractivity contribution in [2.75, 3.05) is 6.61 Å². The van der Waals surface area contributed by atoms with Crippen LogP contribution in [0, 0.1) is 6.92 Å². The highest BCUT2D eigenvalue weighted by Gasteiger charge is 2.30. The van der Waals surface area contributed by atoms with E-state index in [2.05, 4.69) is 4.98 Å². The predicted molar refractivity (Wildman–Crippen MR) is 86.0 cm³/mol. The second kappa shape index (κ2) is 6.00. The van der Waals surface area contributed by atoms with Crippen molar-refractivity contribution >= 4 is 29.2 Å². The van der Waals surface area contributed by atoms with Crippen molar-refractivity contribution < 1.29 is 19.4 Å². The van der Waals surface area contributed by atoms with Gasteiger partial charge >= 0.3 is 5.97 Å². The molecule has 1 atom stereocenters. The van der Waals surface area contributed by atoms with Crippen LogP contribution in [0.4, 0.5) is 0 Å². The van der Waals surface area contributed by atoms with Gasteiger partial charge in [-0.15, -0.1) is 0 Å². The van der Waals surface area contributed by atoms with Gasteiger partial charge in [0.1, 0.15) is 0 Å². The van der Waals surface area contributed by atoms with Gasteiger partial charge in [0.15, 0.2) is 5.75 Å². The van der Waals surface area contributed by atoms with Crippen LogP contribution in [0.1, 0.15) is 34.8 Å². The van der Waals surface area contributed by atoms with E-state index in [9.17, 15) is 9.90 Å². The van der Waals surface area contributed by atoms with Gasteiger partial charge in [-0.2, -0.15) is 0 Å². The zero-order valence-electron chi connectivity index (χ0n) is 12.4. The van der Waals surface area contributed by atoms with Crippen LogP contribution in [0.3, 0.4) is 0 Å². The third-order valence-corrected chi connectivity index (χ3v) is 4.00. The number of benzene rings is 1. The molecular weight excluding hydrogens is 341 g/mol. The molecule has 1 aliphatic heterocycles. The van der Waals surface area contributed by atoms with E-state index >= 15 is 0 Å². The number of nitrogens with zero attached hydrogens (tertiary/aromatic N) is 1. The molecule has 0 radical (unpaired) electrons. The number of aliphatic hydroxyl groups excluding tert-OH is 1. The van der Waals surface area contributed by atoms with Crippen molar-refractivity contribution in [2.24, 2.45) is 0 Å². The van der Waals surface area contributed by atoms with Crippen molar-refractivity contribution in [3.05, 3.63) is 45.1 Å². The van der Waals surface area contributed by atoms with Gasteiger partial charge in [-0.05, 0) is 32.0 Å². The van der Waals surface area contributed by atoms with E-state index in [0.29, 0.717) is 33.3 Å². The summed E-state index contributed by atoms with van der Waals surface area (Å²) in [6.45, 7) is 3.67. The molecule has 0 saturated heterocycles. The molecule has 0 aliphatic carbocycles. The molecule has 1 N–H and O–H groups in total. The molecule has 0 spiro atoms. The third kappa shape index (κ3) is 2.76. The molecule has 2 aromatic rings. The largest absolute Gasteiger partial charge is 0.462 e. The molecule has 0 unspecified atom stereocenters. The quantitative estimate of drug-likeness (QED) is 0.828. The van der Waals surface area contributed by atoms with E-state index in [1.807, 2.05) is 0 Å². The Labute approximate surface area is 142 Å². The number of esters is 1. The monoisotopic (exact) mass is 353 g/mol. The molecule has 0 fully saturated rings. The van der Waals surface area contributed by atoms with Gasteiger partial charge in [0.2, 0.25) is 6.29 Å². The number of rotatable bonds is 2. The summed E-state index contributed by atoms with van der Waals surface area (Å²) in [6, 6.07) is 4.71. The van der Waals surface area contributed by atoms with Crippen LogP contribution >= 0.6 is 23.2 Å². The fraction of sp³-hybridized carbons (Fsp3) is 0.250. The van der Waals surface area contributed by atoms with E-state index < -0.39 is 12.3 Å². The number of hydrogen-bond donors (Lipinski definition) is 1. The number of carbonyl (C=O) groups excluding carboxylic acids is 1. The average molecular weight is 354 g/mol. The Morgan fingerprint density at radius 1 is 1.39 bits per heavy atom. The lowest BCUT2D eigenvalue weighted by molar-refractivity contribution is -0.0216. The summed E-state index contributed by atoms with van der Waals surface area (Å²) in [6.07, 6.45) is -1.28. The number of ether oxygens (including phenoxy) is 2. The SMILES string of the molecule is CCOC(=O)c1cc2c(nc1C)-c1cc(Cl)cc(Cl)c1O[C@@H]2O. The Hall–Kier alpha value is -1.82. The van der Waals surface area contributed by atoms with E-state index in [0.717, 1.165) is 0 Å². The topological polar surface area (TPSA) is 68.7 Å². The number of aromatic nitrogens is 1. The maximum atomic E-state index is 12.0. The first-order valence-corrected chi connectivity index (χ1v) is 7.70. The predicted octanol–water partition coefficient (Wildman–Crippen LogP) is 3.92. The molecule has 7 heteroatoms. The fourth-order valence-corrected chi connectivity index (χ4v) is 3.01. The minimum atomic E-state index is -1.28. The molecule has 0 amide bonds. The second-order valence-corrected chi connectivity index (χ2v) is 5.86. The van der Waals surface area contributed by atoms with E-state index in [-0.39, 0.29) is 17.2 Å². The van der Waals surface area contributed by atoms with Crippen LogP contribution in [0.2, 0.25) is 10.0 Å². The number of aryl methyl sites for hydroxylation is 1. The highest BCUT2D eigenvalue weighted by molar-refractivity contribution is 6.36. The van der Waals surface area contributed by atoms with Gasteiger partial charge in [-0.25, -0.2) is 4.79 Å². The first kappa shape index (κ1) is 16.1. The summed E-state index contributed by atoms with van der Waals surface area (Å²) in [7, 11) is 0. The minimum absolute atomic E-state index is 0.252. The highest BCUT2D eigenvalue weighted by atomic mass is 35.5. The zero-order valence-corrected chi connectivity index (χ0v) is 13.9. The van der Waals surface area contributed by atoms with E-state index in [4.69, 9.17) is 32.7 Å². The maximum Gasteiger partial charge on any atom is 0.339 e. The third-order valence-electron chi connectivity index (χ3n) is 3.50. The molecule has 3 rings (SSSR count). The summed E-state index contributed by atoms with van der Waals surface area (Å²) in [5.41, 5.74) is 2.18. The van der Waals surface area contributed by atoms with Crippen LogP contribution in [0.5, 0.6) is 5.75 Å². The maximum absolute atomic E-state index is 12.0.